The van der Waals surface area contributed by atoms with Crippen molar-refractivity contribution < 1.29 is 14.5 Å². The number of methoxy groups -OCH3 is 1. The summed E-state index contributed by atoms with van der Waals surface area (Å²) < 4.78 is 5.05. The highest BCUT2D eigenvalue weighted by Gasteiger charge is 2.21. The molecule has 7 nitrogen and oxygen atoms in total. The van der Waals surface area contributed by atoms with Crippen molar-refractivity contribution in [2.24, 2.45) is 0 Å². The molecule has 0 bridgehead atoms. The summed E-state index contributed by atoms with van der Waals surface area (Å²) in [6.07, 6.45) is 3.19. The summed E-state index contributed by atoms with van der Waals surface area (Å²) in [5, 5.41) is 15.5. The Labute approximate surface area is 137 Å². The van der Waals surface area contributed by atoms with E-state index < -0.39 is 10.8 Å². The minimum atomic E-state index is -0.601. The summed E-state index contributed by atoms with van der Waals surface area (Å²) in [7, 11) is 1.43. The second-order valence-electron chi connectivity index (χ2n) is 5.00. The van der Waals surface area contributed by atoms with Crippen molar-refractivity contribution in [3.63, 3.8) is 0 Å². The molecule has 0 saturated heterocycles. The highest BCUT2D eigenvalue weighted by molar-refractivity contribution is 6.10. The maximum atomic E-state index is 12.6. The van der Waals surface area contributed by atoms with Crippen LogP contribution in [0.3, 0.4) is 0 Å². The molecule has 0 spiro atoms. The number of hydrogen-bond acceptors (Lipinski definition) is 5. The standard InChI is InChI=1S/C17H13N3O4/c1-24-12-6-7-16(20(22)23)14(8-12)17(21)19-15-10-18-9-11-4-2-3-5-13(11)15/h2-10H,1H3,(H,19,21). The first-order valence-corrected chi connectivity index (χ1v) is 7.06. The molecular weight excluding hydrogens is 310 g/mol. The van der Waals surface area contributed by atoms with Crippen molar-refractivity contribution in [3.05, 3.63) is 70.5 Å². The van der Waals surface area contributed by atoms with Crippen LogP contribution in [0.2, 0.25) is 0 Å². The van der Waals surface area contributed by atoms with Crippen LogP contribution < -0.4 is 10.1 Å². The van der Waals surface area contributed by atoms with Crippen LogP contribution in [-0.2, 0) is 0 Å². The molecule has 0 aliphatic heterocycles. The molecule has 3 aromatic rings. The molecule has 0 fully saturated rings. The van der Waals surface area contributed by atoms with Crippen LogP contribution in [0.15, 0.2) is 54.9 Å². The maximum absolute atomic E-state index is 12.6. The van der Waals surface area contributed by atoms with E-state index in [0.29, 0.717) is 11.4 Å². The van der Waals surface area contributed by atoms with Gasteiger partial charge in [0.1, 0.15) is 11.3 Å². The Hall–Kier alpha value is -3.48. The van der Waals surface area contributed by atoms with Gasteiger partial charge in [0.2, 0.25) is 0 Å². The van der Waals surface area contributed by atoms with Gasteiger partial charge in [0.25, 0.3) is 11.6 Å². The van der Waals surface area contributed by atoms with Crippen molar-refractivity contribution in [2.75, 3.05) is 12.4 Å². The zero-order chi connectivity index (χ0) is 17.1. The Morgan fingerprint density at radius 3 is 2.75 bits per heavy atom. The zero-order valence-electron chi connectivity index (χ0n) is 12.7. The van der Waals surface area contributed by atoms with Gasteiger partial charge in [-0.25, -0.2) is 0 Å². The van der Waals surface area contributed by atoms with Crippen LogP contribution in [0.4, 0.5) is 11.4 Å². The quantitative estimate of drug-likeness (QED) is 0.586. The Kier molecular flexibility index (Phi) is 4.07. The third-order valence-electron chi connectivity index (χ3n) is 3.56. The topological polar surface area (TPSA) is 94.4 Å². The normalized spacial score (nSPS) is 10.4. The van der Waals surface area contributed by atoms with E-state index in [1.807, 2.05) is 24.3 Å². The van der Waals surface area contributed by atoms with Gasteiger partial charge in [-0.15, -0.1) is 0 Å². The molecule has 0 aliphatic rings. The summed E-state index contributed by atoms with van der Waals surface area (Å²) in [4.78, 5) is 27.2. The number of nitrogens with zero attached hydrogens (tertiary/aromatic N) is 2. The molecular formula is C17H13N3O4. The second-order valence-corrected chi connectivity index (χ2v) is 5.00. The molecule has 24 heavy (non-hydrogen) atoms. The van der Waals surface area contributed by atoms with E-state index in [0.717, 1.165) is 10.8 Å². The second kappa shape index (κ2) is 6.33. The molecule has 1 N–H and O–H groups in total. The minimum absolute atomic E-state index is 0.0766. The van der Waals surface area contributed by atoms with E-state index >= 15 is 0 Å². The van der Waals surface area contributed by atoms with E-state index in [-0.39, 0.29) is 11.3 Å². The zero-order valence-corrected chi connectivity index (χ0v) is 12.7. The number of carbonyl (C=O) groups is 1. The van der Waals surface area contributed by atoms with Crippen LogP contribution in [0.1, 0.15) is 10.4 Å². The Morgan fingerprint density at radius 1 is 1.21 bits per heavy atom. The van der Waals surface area contributed by atoms with E-state index in [4.69, 9.17) is 4.74 Å². The lowest BCUT2D eigenvalue weighted by Crippen LogP contribution is -2.14. The van der Waals surface area contributed by atoms with Crippen LogP contribution >= 0.6 is 0 Å². The Balaban J connectivity index is 2.02. The van der Waals surface area contributed by atoms with Crippen molar-refractivity contribution in [2.45, 2.75) is 0 Å². The fourth-order valence-corrected chi connectivity index (χ4v) is 2.39. The van der Waals surface area contributed by atoms with Crippen LogP contribution in [0.5, 0.6) is 5.75 Å². The largest absolute Gasteiger partial charge is 0.497 e. The van der Waals surface area contributed by atoms with E-state index in [9.17, 15) is 14.9 Å². The number of aromatic nitrogens is 1. The minimum Gasteiger partial charge on any atom is -0.497 e. The van der Waals surface area contributed by atoms with Crippen molar-refractivity contribution >= 4 is 28.1 Å². The lowest BCUT2D eigenvalue weighted by molar-refractivity contribution is -0.385. The fraction of sp³-hybridized carbons (Fsp3) is 0.0588. The number of amides is 1. The molecule has 1 aromatic heterocycles. The molecule has 0 unspecified atom stereocenters. The van der Waals surface area contributed by atoms with Gasteiger partial charge >= 0.3 is 0 Å². The summed E-state index contributed by atoms with van der Waals surface area (Å²) in [6, 6.07) is 11.4. The first-order valence-electron chi connectivity index (χ1n) is 7.06. The summed E-state index contributed by atoms with van der Waals surface area (Å²) >= 11 is 0. The average Bonchev–Trinajstić information content (AvgIpc) is 2.61. The number of nitro benzene ring substituents is 1. The fourth-order valence-electron chi connectivity index (χ4n) is 2.39. The van der Waals surface area contributed by atoms with Crippen molar-refractivity contribution in [1.29, 1.82) is 0 Å². The molecule has 7 heteroatoms. The first kappa shape index (κ1) is 15.4. The molecule has 2 aromatic carbocycles. The highest BCUT2D eigenvalue weighted by Crippen LogP contribution is 2.27. The van der Waals surface area contributed by atoms with Gasteiger partial charge < -0.3 is 10.1 Å². The molecule has 1 amide bonds. The van der Waals surface area contributed by atoms with Crippen molar-refractivity contribution in [1.82, 2.24) is 4.98 Å². The van der Waals surface area contributed by atoms with Gasteiger partial charge in [0, 0.05) is 23.0 Å². The third kappa shape index (κ3) is 2.87. The highest BCUT2D eigenvalue weighted by atomic mass is 16.6. The molecule has 0 saturated carbocycles. The maximum Gasteiger partial charge on any atom is 0.282 e. The molecule has 0 radical (unpaired) electrons. The van der Waals surface area contributed by atoms with Gasteiger partial charge in [0.05, 0.1) is 23.9 Å². The number of fused-ring (bicyclic) bond motifs is 1. The Bertz CT molecular complexity index is 935. The smallest absolute Gasteiger partial charge is 0.282 e. The van der Waals surface area contributed by atoms with Crippen LogP contribution in [0.25, 0.3) is 10.8 Å². The molecule has 120 valence electrons. The molecule has 3 rings (SSSR count). The number of benzene rings is 2. The van der Waals surface area contributed by atoms with Gasteiger partial charge in [0.15, 0.2) is 0 Å². The number of nitrogens with one attached hydrogen (secondary N) is 1. The summed E-state index contributed by atoms with van der Waals surface area (Å²) in [5.74, 6) is -0.236. The molecule has 0 aliphatic carbocycles. The monoisotopic (exact) mass is 323 g/mol. The van der Waals surface area contributed by atoms with Gasteiger partial charge in [-0.3, -0.25) is 19.9 Å². The van der Waals surface area contributed by atoms with Crippen LogP contribution in [0, 0.1) is 10.1 Å². The predicted octanol–water partition coefficient (Wildman–Crippen LogP) is 3.40. The number of pyridine rings is 1. The number of anilines is 1. The third-order valence-corrected chi connectivity index (χ3v) is 3.56. The van der Waals surface area contributed by atoms with Gasteiger partial charge in [-0.2, -0.15) is 0 Å². The number of hydrogen-bond donors (Lipinski definition) is 1. The van der Waals surface area contributed by atoms with E-state index in [2.05, 4.69) is 10.3 Å². The number of ether oxygens (including phenoxy) is 1. The van der Waals surface area contributed by atoms with Crippen molar-refractivity contribution in [3.8, 4) is 5.75 Å². The molecule has 0 atom stereocenters. The molecule has 1 heterocycles. The Morgan fingerprint density at radius 2 is 2.00 bits per heavy atom. The summed E-state index contributed by atoms with van der Waals surface area (Å²) in [6.45, 7) is 0. The van der Waals surface area contributed by atoms with Crippen LogP contribution in [-0.4, -0.2) is 22.9 Å². The van der Waals surface area contributed by atoms with E-state index in [1.165, 1.54) is 31.5 Å². The average molecular weight is 323 g/mol. The number of carbonyl (C=O) groups excluding carboxylic acids is 1. The summed E-state index contributed by atoms with van der Waals surface area (Å²) in [5.41, 5.74) is 0.115. The number of rotatable bonds is 4. The predicted molar refractivity (Wildman–Crippen MR) is 89.3 cm³/mol. The SMILES string of the molecule is COc1ccc([N+](=O)[O-])c(C(=O)Nc2cncc3ccccc23)c1. The van der Waals surface area contributed by atoms with E-state index in [1.54, 1.807) is 6.20 Å². The lowest BCUT2D eigenvalue weighted by Gasteiger charge is -2.09. The van der Waals surface area contributed by atoms with Gasteiger partial charge in [-0.05, 0) is 12.1 Å². The number of nitro groups is 1. The lowest BCUT2D eigenvalue weighted by atomic mass is 10.1. The van der Waals surface area contributed by atoms with Gasteiger partial charge in [-0.1, -0.05) is 24.3 Å². The first-order chi connectivity index (χ1) is 11.6.